The second-order valence-electron chi connectivity index (χ2n) is 4.09. The number of rotatable bonds is 2. The Morgan fingerprint density at radius 1 is 1.10 bits per heavy atom. The lowest BCUT2D eigenvalue weighted by Crippen LogP contribution is -2.43. The molecule has 0 aliphatic heterocycles. The van der Waals surface area contributed by atoms with Crippen LogP contribution >= 0.6 is 28.1 Å². The molecule has 0 spiro atoms. The number of halogens is 1. The third-order valence-corrected chi connectivity index (χ3v) is 3.18. The minimum absolute atomic E-state index is 0.0255. The fourth-order valence-corrected chi connectivity index (χ4v) is 2.13. The van der Waals surface area contributed by atoms with Crippen LogP contribution in [0.3, 0.4) is 0 Å². The molecule has 0 radical (unpaired) electrons. The Bertz CT molecular complexity index is 679. The van der Waals surface area contributed by atoms with Crippen LogP contribution in [-0.2, 0) is 0 Å². The zero-order chi connectivity index (χ0) is 15.2. The first kappa shape index (κ1) is 15.3. The van der Waals surface area contributed by atoms with Crippen molar-refractivity contribution in [3.05, 3.63) is 58.6 Å². The summed E-state index contributed by atoms with van der Waals surface area (Å²) in [5.41, 5.74) is 6.15. The lowest BCUT2D eigenvalue weighted by Gasteiger charge is -2.11. The number of thiocarbonyl (C=S) groups is 1. The first-order valence-electron chi connectivity index (χ1n) is 5.96. The topological polar surface area (TPSA) is 73.4 Å². The van der Waals surface area contributed by atoms with Crippen molar-refractivity contribution < 1.29 is 9.90 Å². The smallest absolute Gasteiger partial charge is 0.269 e. The number of carbonyl (C=O) groups is 1. The molecule has 0 atom stereocenters. The van der Waals surface area contributed by atoms with E-state index in [0.29, 0.717) is 5.56 Å². The van der Waals surface area contributed by atoms with Crippen molar-refractivity contribution in [1.82, 2.24) is 10.9 Å². The summed E-state index contributed by atoms with van der Waals surface area (Å²) in [7, 11) is 0. The first-order chi connectivity index (χ1) is 10.0. The van der Waals surface area contributed by atoms with E-state index in [1.54, 1.807) is 12.1 Å². The summed E-state index contributed by atoms with van der Waals surface area (Å²) in [5.74, 6) is -0.373. The zero-order valence-electron chi connectivity index (χ0n) is 10.8. The highest BCUT2D eigenvalue weighted by Gasteiger charge is 2.06. The van der Waals surface area contributed by atoms with E-state index < -0.39 is 5.91 Å². The van der Waals surface area contributed by atoms with Gasteiger partial charge in [0.15, 0.2) is 5.11 Å². The van der Waals surface area contributed by atoms with Gasteiger partial charge in [0.05, 0.1) is 0 Å². The van der Waals surface area contributed by atoms with Crippen LogP contribution in [0.1, 0.15) is 10.4 Å². The van der Waals surface area contributed by atoms with Crippen LogP contribution in [-0.4, -0.2) is 16.1 Å². The molecule has 0 bridgehead atoms. The molecule has 0 saturated carbocycles. The van der Waals surface area contributed by atoms with E-state index in [-0.39, 0.29) is 10.9 Å². The summed E-state index contributed by atoms with van der Waals surface area (Å²) in [4.78, 5) is 11.8. The number of benzene rings is 2. The van der Waals surface area contributed by atoms with Gasteiger partial charge in [0.25, 0.3) is 5.91 Å². The van der Waals surface area contributed by atoms with E-state index in [1.165, 1.54) is 12.1 Å². The number of hydrogen-bond donors (Lipinski definition) is 4. The molecule has 21 heavy (non-hydrogen) atoms. The van der Waals surface area contributed by atoms with Gasteiger partial charge in [-0.2, -0.15) is 0 Å². The van der Waals surface area contributed by atoms with E-state index >= 15 is 0 Å². The second-order valence-corrected chi connectivity index (χ2v) is 5.42. The van der Waals surface area contributed by atoms with Crippen LogP contribution in [0.15, 0.2) is 53.0 Å². The first-order valence-corrected chi connectivity index (χ1v) is 7.16. The average Bonchev–Trinajstić information content (AvgIpc) is 2.45. The summed E-state index contributed by atoms with van der Waals surface area (Å²) < 4.78 is 0.916. The Hall–Kier alpha value is -2.12. The highest BCUT2D eigenvalue weighted by atomic mass is 79.9. The Kier molecular flexibility index (Phi) is 5.13. The fraction of sp³-hybridized carbons (Fsp3) is 0. The number of hydrazine groups is 1. The molecule has 0 heterocycles. The maximum absolute atomic E-state index is 11.8. The third kappa shape index (κ3) is 4.73. The minimum atomic E-state index is -0.399. The summed E-state index contributed by atoms with van der Waals surface area (Å²) in [6.45, 7) is 0. The largest absolute Gasteiger partial charge is 0.508 e. The third-order valence-electron chi connectivity index (χ3n) is 2.48. The van der Waals surface area contributed by atoms with E-state index in [4.69, 9.17) is 12.2 Å². The van der Waals surface area contributed by atoms with Crippen LogP contribution in [0.25, 0.3) is 0 Å². The summed E-state index contributed by atoms with van der Waals surface area (Å²) in [6, 6.07) is 13.5. The molecule has 0 aromatic heterocycles. The lowest BCUT2D eigenvalue weighted by atomic mass is 10.2. The molecule has 7 heteroatoms. The van der Waals surface area contributed by atoms with Crippen molar-refractivity contribution in [2.45, 2.75) is 0 Å². The molecule has 0 saturated heterocycles. The van der Waals surface area contributed by atoms with Crippen molar-refractivity contribution in [1.29, 1.82) is 0 Å². The molecular formula is C14H12BrN3O2S. The number of aromatic hydroxyl groups is 1. The van der Waals surface area contributed by atoms with Gasteiger partial charge in [-0.05, 0) is 48.6 Å². The van der Waals surface area contributed by atoms with E-state index in [0.717, 1.165) is 10.2 Å². The number of nitrogens with one attached hydrogen (secondary N) is 3. The van der Waals surface area contributed by atoms with Crippen molar-refractivity contribution in [2.75, 3.05) is 5.32 Å². The highest BCUT2D eigenvalue weighted by molar-refractivity contribution is 9.10. The monoisotopic (exact) mass is 365 g/mol. The van der Waals surface area contributed by atoms with Crippen LogP contribution in [0, 0.1) is 0 Å². The van der Waals surface area contributed by atoms with Gasteiger partial charge in [-0.25, -0.2) is 0 Å². The van der Waals surface area contributed by atoms with Gasteiger partial charge in [0.2, 0.25) is 0 Å². The minimum Gasteiger partial charge on any atom is -0.508 e. The molecule has 0 unspecified atom stereocenters. The molecule has 2 aromatic rings. The second kappa shape index (κ2) is 7.05. The van der Waals surface area contributed by atoms with E-state index in [1.807, 2.05) is 24.3 Å². The van der Waals surface area contributed by atoms with Gasteiger partial charge < -0.3 is 10.4 Å². The number of carbonyl (C=O) groups excluding carboxylic acids is 1. The maximum Gasteiger partial charge on any atom is 0.269 e. The van der Waals surface area contributed by atoms with E-state index in [9.17, 15) is 9.90 Å². The Morgan fingerprint density at radius 3 is 2.57 bits per heavy atom. The number of phenolic OH excluding ortho intramolecular Hbond substituents is 1. The molecular weight excluding hydrogens is 354 g/mol. The standard InChI is InChI=1S/C14H12BrN3O2S/c15-10-4-2-5-11(8-10)16-14(21)18-17-13(20)9-3-1-6-12(19)7-9/h1-8,19H,(H,17,20)(H2,16,18,21). The SMILES string of the molecule is O=C(NNC(=S)Nc1cccc(Br)c1)c1cccc(O)c1. The van der Waals surface area contributed by atoms with Crippen LogP contribution in [0.4, 0.5) is 5.69 Å². The van der Waals surface area contributed by atoms with Crippen LogP contribution in [0.5, 0.6) is 5.75 Å². The van der Waals surface area contributed by atoms with Crippen LogP contribution in [0.2, 0.25) is 0 Å². The zero-order valence-corrected chi connectivity index (χ0v) is 13.2. The predicted octanol–water partition coefficient (Wildman–Crippen LogP) is 2.79. The average molecular weight is 366 g/mol. The number of anilines is 1. The number of hydrogen-bond acceptors (Lipinski definition) is 3. The summed E-state index contributed by atoms with van der Waals surface area (Å²) in [6.07, 6.45) is 0. The molecule has 5 nitrogen and oxygen atoms in total. The molecule has 4 N–H and O–H groups in total. The molecule has 0 fully saturated rings. The molecule has 0 aliphatic carbocycles. The van der Waals surface area contributed by atoms with Crippen molar-refractivity contribution in [2.24, 2.45) is 0 Å². The predicted molar refractivity (Wildman–Crippen MR) is 89.1 cm³/mol. The highest BCUT2D eigenvalue weighted by Crippen LogP contribution is 2.15. The molecule has 0 aliphatic rings. The molecule has 2 aromatic carbocycles. The quantitative estimate of drug-likeness (QED) is 0.486. The fourth-order valence-electron chi connectivity index (χ4n) is 1.56. The summed E-state index contributed by atoms with van der Waals surface area (Å²) in [5, 5.41) is 12.5. The van der Waals surface area contributed by atoms with Gasteiger partial charge >= 0.3 is 0 Å². The molecule has 2 rings (SSSR count). The van der Waals surface area contributed by atoms with E-state index in [2.05, 4.69) is 32.1 Å². The van der Waals surface area contributed by atoms with Gasteiger partial charge in [0, 0.05) is 15.7 Å². The Morgan fingerprint density at radius 2 is 1.86 bits per heavy atom. The normalized spacial score (nSPS) is 9.76. The maximum atomic E-state index is 11.8. The Labute approximate surface area is 135 Å². The van der Waals surface area contributed by atoms with Gasteiger partial charge in [-0.1, -0.05) is 28.1 Å². The molecule has 108 valence electrons. The Balaban J connectivity index is 1.88. The van der Waals surface area contributed by atoms with Crippen molar-refractivity contribution in [3.63, 3.8) is 0 Å². The number of phenols is 1. The summed E-state index contributed by atoms with van der Waals surface area (Å²) >= 11 is 8.43. The van der Waals surface area contributed by atoms with Gasteiger partial charge in [0.1, 0.15) is 5.75 Å². The van der Waals surface area contributed by atoms with Crippen molar-refractivity contribution >= 4 is 44.9 Å². The van der Waals surface area contributed by atoms with Gasteiger partial charge in [-0.15, -0.1) is 0 Å². The number of amides is 1. The lowest BCUT2D eigenvalue weighted by molar-refractivity contribution is 0.0944. The van der Waals surface area contributed by atoms with Crippen LogP contribution < -0.4 is 16.2 Å². The van der Waals surface area contributed by atoms with Crippen molar-refractivity contribution in [3.8, 4) is 5.75 Å². The van der Waals surface area contributed by atoms with Gasteiger partial charge in [-0.3, -0.25) is 15.6 Å². The molecule has 1 amide bonds.